The third-order valence-corrected chi connectivity index (χ3v) is 6.33. The summed E-state index contributed by atoms with van der Waals surface area (Å²) in [6.45, 7) is 7.04. The molecule has 1 aromatic rings. The van der Waals surface area contributed by atoms with Gasteiger partial charge in [0, 0.05) is 0 Å². The van der Waals surface area contributed by atoms with Gasteiger partial charge < -0.3 is 19.3 Å². The second-order valence-electron chi connectivity index (χ2n) is 9.30. The molecule has 1 unspecified atom stereocenters. The number of rotatable bonds is 12. The molecule has 1 aliphatic heterocycles. The number of ether oxygens (including phenoxy) is 3. The molecular formula is C29H38O5. The molecule has 0 amide bonds. The van der Waals surface area contributed by atoms with Gasteiger partial charge in [0.25, 0.3) is 0 Å². The van der Waals surface area contributed by atoms with Gasteiger partial charge in [0.1, 0.15) is 23.7 Å². The summed E-state index contributed by atoms with van der Waals surface area (Å²) in [7, 11) is 0. The highest BCUT2D eigenvalue weighted by molar-refractivity contribution is 5.84. The lowest BCUT2D eigenvalue weighted by Gasteiger charge is -2.36. The highest BCUT2D eigenvalue weighted by Crippen LogP contribution is 2.37. The quantitative estimate of drug-likeness (QED) is 0.205. The molecule has 5 heteroatoms. The Morgan fingerprint density at radius 2 is 2.09 bits per heavy atom. The van der Waals surface area contributed by atoms with Crippen LogP contribution >= 0.6 is 0 Å². The molecule has 0 saturated carbocycles. The van der Waals surface area contributed by atoms with Crippen LogP contribution in [0.25, 0.3) is 0 Å². The van der Waals surface area contributed by atoms with Crippen molar-refractivity contribution in [3.8, 4) is 11.5 Å². The first-order valence-corrected chi connectivity index (χ1v) is 12.4. The van der Waals surface area contributed by atoms with E-state index in [2.05, 4.69) is 44.2 Å². The third kappa shape index (κ3) is 7.82. The van der Waals surface area contributed by atoms with Crippen LogP contribution in [0.3, 0.4) is 0 Å². The van der Waals surface area contributed by atoms with E-state index in [1.54, 1.807) is 13.0 Å². The lowest BCUT2D eigenvalue weighted by atomic mass is 9.88. The summed E-state index contributed by atoms with van der Waals surface area (Å²) in [5, 5.41) is 9.12. The van der Waals surface area contributed by atoms with Gasteiger partial charge in [-0.05, 0) is 108 Å². The van der Waals surface area contributed by atoms with Gasteiger partial charge in [-0.1, -0.05) is 29.9 Å². The first kappa shape index (κ1) is 25.7. The summed E-state index contributed by atoms with van der Waals surface area (Å²) >= 11 is 0. The Bertz CT molecular complexity index is 969. The SMILES string of the molecule is CCO/C(=C\CC/C(C)=C/CCC1(C)CCc2cc(OCC3=CCCC=C3)ccc2O1)C(=O)O. The Kier molecular flexibility index (Phi) is 9.43. The fourth-order valence-electron chi connectivity index (χ4n) is 4.29. The van der Waals surface area contributed by atoms with Crippen molar-refractivity contribution in [1.29, 1.82) is 0 Å². The third-order valence-electron chi connectivity index (χ3n) is 6.33. The Morgan fingerprint density at radius 1 is 1.24 bits per heavy atom. The van der Waals surface area contributed by atoms with Crippen LogP contribution in [0.1, 0.15) is 71.3 Å². The van der Waals surface area contributed by atoms with E-state index in [0.717, 1.165) is 56.4 Å². The molecule has 3 rings (SSSR count). The van der Waals surface area contributed by atoms with Crippen LogP contribution < -0.4 is 9.47 Å². The van der Waals surface area contributed by atoms with Gasteiger partial charge in [0.2, 0.25) is 0 Å². The predicted octanol–water partition coefficient (Wildman–Crippen LogP) is 6.94. The first-order chi connectivity index (χ1) is 16.4. The summed E-state index contributed by atoms with van der Waals surface area (Å²) in [4.78, 5) is 11.1. The molecule has 0 aromatic heterocycles. The molecule has 184 valence electrons. The highest BCUT2D eigenvalue weighted by Gasteiger charge is 2.31. The van der Waals surface area contributed by atoms with Crippen molar-refractivity contribution < 1.29 is 24.1 Å². The topological polar surface area (TPSA) is 65.0 Å². The van der Waals surface area contributed by atoms with E-state index in [4.69, 9.17) is 19.3 Å². The molecule has 0 fully saturated rings. The Labute approximate surface area is 203 Å². The number of hydrogen-bond donors (Lipinski definition) is 1. The second kappa shape index (κ2) is 12.5. The van der Waals surface area contributed by atoms with E-state index < -0.39 is 5.97 Å². The molecule has 34 heavy (non-hydrogen) atoms. The number of carboxylic acid groups (broad SMARTS) is 1. The van der Waals surface area contributed by atoms with E-state index in [0.29, 0.717) is 19.6 Å². The maximum absolute atomic E-state index is 11.1. The molecule has 5 nitrogen and oxygen atoms in total. The lowest BCUT2D eigenvalue weighted by molar-refractivity contribution is -0.136. The predicted molar refractivity (Wildman–Crippen MR) is 135 cm³/mol. The van der Waals surface area contributed by atoms with Gasteiger partial charge >= 0.3 is 5.97 Å². The number of hydrogen-bond acceptors (Lipinski definition) is 4. The number of aryl methyl sites for hydroxylation is 1. The van der Waals surface area contributed by atoms with Crippen LogP contribution in [-0.4, -0.2) is 29.9 Å². The fraction of sp³-hybridized carbons (Fsp3) is 0.483. The highest BCUT2D eigenvalue weighted by atomic mass is 16.5. The van der Waals surface area contributed by atoms with Gasteiger partial charge in [-0.2, -0.15) is 0 Å². The van der Waals surface area contributed by atoms with Crippen molar-refractivity contribution in [2.45, 2.75) is 77.7 Å². The minimum Gasteiger partial charge on any atom is -0.489 e. The number of fused-ring (bicyclic) bond motifs is 1. The normalized spacial score (nSPS) is 20.3. The zero-order valence-electron chi connectivity index (χ0n) is 20.8. The van der Waals surface area contributed by atoms with Crippen molar-refractivity contribution >= 4 is 5.97 Å². The standard InChI is InChI=1S/C29H38O5/c1-4-32-27(28(30)31)14-8-10-22(2)11-9-18-29(3)19-17-24-20-25(15-16-26(24)34-29)33-21-23-12-6-5-7-13-23/h6,11-16,20H,4-5,7-10,17-19,21H2,1-3H3,(H,30,31)/b22-11+,27-14-. The summed E-state index contributed by atoms with van der Waals surface area (Å²) in [5.41, 5.74) is 3.52. The maximum atomic E-state index is 11.1. The van der Waals surface area contributed by atoms with Crippen LogP contribution in [0.5, 0.6) is 11.5 Å². The number of benzene rings is 1. The second-order valence-corrected chi connectivity index (χ2v) is 9.30. The van der Waals surface area contributed by atoms with Crippen molar-refractivity contribution in [2.75, 3.05) is 13.2 Å². The molecule has 1 N–H and O–H groups in total. The van der Waals surface area contributed by atoms with Crippen molar-refractivity contribution in [1.82, 2.24) is 0 Å². The largest absolute Gasteiger partial charge is 0.489 e. The Hall–Kier alpha value is -2.95. The zero-order valence-corrected chi connectivity index (χ0v) is 20.8. The minimum atomic E-state index is -1.01. The van der Waals surface area contributed by atoms with E-state index in [1.807, 2.05) is 12.1 Å². The fourth-order valence-corrected chi connectivity index (χ4v) is 4.29. The van der Waals surface area contributed by atoms with Gasteiger partial charge in [-0.3, -0.25) is 0 Å². The first-order valence-electron chi connectivity index (χ1n) is 12.4. The maximum Gasteiger partial charge on any atom is 0.370 e. The Morgan fingerprint density at radius 3 is 2.82 bits per heavy atom. The monoisotopic (exact) mass is 466 g/mol. The van der Waals surface area contributed by atoms with Crippen LogP contribution in [0.2, 0.25) is 0 Å². The van der Waals surface area contributed by atoms with Crippen molar-refractivity contribution in [3.63, 3.8) is 0 Å². The van der Waals surface area contributed by atoms with Crippen molar-refractivity contribution in [3.05, 3.63) is 71.0 Å². The van der Waals surface area contributed by atoms with Crippen molar-refractivity contribution in [2.24, 2.45) is 0 Å². The molecule has 0 radical (unpaired) electrons. The van der Waals surface area contributed by atoms with Gasteiger partial charge in [-0.25, -0.2) is 4.79 Å². The van der Waals surface area contributed by atoms with E-state index >= 15 is 0 Å². The number of aliphatic carboxylic acids is 1. The molecule has 0 saturated heterocycles. The zero-order chi connectivity index (χ0) is 24.4. The molecule has 2 aliphatic rings. The van der Waals surface area contributed by atoms with Crippen LogP contribution in [-0.2, 0) is 16.0 Å². The van der Waals surface area contributed by atoms with Crippen LogP contribution in [0.15, 0.2) is 65.5 Å². The molecule has 0 spiro atoms. The average Bonchev–Trinajstić information content (AvgIpc) is 2.82. The van der Waals surface area contributed by atoms with Gasteiger partial charge in [-0.15, -0.1) is 0 Å². The Balaban J connectivity index is 1.47. The number of allylic oxidation sites excluding steroid dienone is 5. The molecule has 1 atom stereocenters. The number of carboxylic acids is 1. The van der Waals surface area contributed by atoms with Gasteiger partial charge in [0.05, 0.1) is 6.61 Å². The molecule has 1 aliphatic carbocycles. The summed E-state index contributed by atoms with van der Waals surface area (Å²) in [6, 6.07) is 6.16. The van der Waals surface area contributed by atoms with Crippen LogP contribution in [0, 0.1) is 0 Å². The van der Waals surface area contributed by atoms with E-state index in [1.165, 1.54) is 16.7 Å². The summed E-state index contributed by atoms with van der Waals surface area (Å²) < 4.78 is 17.6. The molecular weight excluding hydrogens is 428 g/mol. The summed E-state index contributed by atoms with van der Waals surface area (Å²) in [6.07, 6.45) is 18.0. The molecule has 1 aromatic carbocycles. The van der Waals surface area contributed by atoms with Gasteiger partial charge in [0.15, 0.2) is 5.76 Å². The number of carbonyl (C=O) groups is 1. The lowest BCUT2D eigenvalue weighted by Crippen LogP contribution is -2.36. The van der Waals surface area contributed by atoms with E-state index in [-0.39, 0.29) is 11.4 Å². The van der Waals surface area contributed by atoms with E-state index in [9.17, 15) is 4.79 Å². The average molecular weight is 467 g/mol. The smallest absolute Gasteiger partial charge is 0.370 e. The summed E-state index contributed by atoms with van der Waals surface area (Å²) in [5.74, 6) is 0.881. The molecule has 1 heterocycles. The van der Waals surface area contributed by atoms with Crippen LogP contribution in [0.4, 0.5) is 0 Å². The molecule has 0 bridgehead atoms. The minimum absolute atomic E-state index is 0.0357.